The van der Waals surface area contributed by atoms with E-state index in [1.165, 1.54) is 0 Å². The van der Waals surface area contributed by atoms with Gasteiger partial charge in [0.25, 0.3) is 5.91 Å². The SMILES string of the molecule is CCOC(=O)c1ccc(C(CC)(CC)NC(=O)c2c(C)nn3c2N[C@@H](C2C=CC=CC2)CC3(C)C)cc1. The van der Waals surface area contributed by atoms with Gasteiger partial charge < -0.3 is 15.4 Å². The van der Waals surface area contributed by atoms with Crippen LogP contribution in [0, 0.1) is 12.8 Å². The summed E-state index contributed by atoms with van der Waals surface area (Å²) in [6, 6.07) is 7.59. The number of carbonyl (C=O) groups is 2. The lowest BCUT2D eigenvalue weighted by atomic mass is 9.82. The first-order valence-electron chi connectivity index (χ1n) is 13.5. The molecule has 1 aromatic carbocycles. The fourth-order valence-electron chi connectivity index (χ4n) is 5.71. The molecule has 0 radical (unpaired) electrons. The zero-order valence-corrected chi connectivity index (χ0v) is 22.9. The lowest BCUT2D eigenvalue weighted by molar-refractivity contribution is 0.0526. The van der Waals surface area contributed by atoms with E-state index in [1.54, 1.807) is 19.1 Å². The van der Waals surface area contributed by atoms with Gasteiger partial charge >= 0.3 is 5.97 Å². The Kier molecular flexibility index (Phi) is 7.62. The molecule has 7 heteroatoms. The second-order valence-electron chi connectivity index (χ2n) is 10.7. The standard InChI is InChI=1S/C30H40N4O3/c1-7-30(8-2,23-17-15-22(16-18-23)28(36)37-9-3)32-27(35)25-20(4)33-34-26(25)31-24(19-29(34,5)6)21-13-11-10-12-14-21/h10-13,15-18,21,24,31H,7-9,14,19H2,1-6H3,(H,32,35)/t21?,24-/m1/s1. The monoisotopic (exact) mass is 504 g/mol. The van der Waals surface area contributed by atoms with Crippen LogP contribution < -0.4 is 10.6 Å². The molecule has 1 aliphatic heterocycles. The second kappa shape index (κ2) is 10.6. The fourth-order valence-corrected chi connectivity index (χ4v) is 5.71. The van der Waals surface area contributed by atoms with Gasteiger partial charge in [-0.3, -0.25) is 4.79 Å². The smallest absolute Gasteiger partial charge is 0.338 e. The summed E-state index contributed by atoms with van der Waals surface area (Å²) in [5, 5.41) is 11.9. The number of anilines is 1. The van der Waals surface area contributed by atoms with Gasteiger partial charge in [-0.05, 0) is 71.1 Å². The van der Waals surface area contributed by atoms with Crippen molar-refractivity contribution < 1.29 is 14.3 Å². The number of rotatable bonds is 8. The Morgan fingerprint density at radius 2 is 1.86 bits per heavy atom. The molecule has 37 heavy (non-hydrogen) atoms. The average Bonchev–Trinajstić information content (AvgIpc) is 3.25. The molecule has 0 fully saturated rings. The molecular formula is C30H40N4O3. The van der Waals surface area contributed by atoms with E-state index in [0.717, 1.165) is 24.2 Å². The Bertz CT molecular complexity index is 1200. The summed E-state index contributed by atoms with van der Waals surface area (Å²) >= 11 is 0. The van der Waals surface area contributed by atoms with Crippen molar-refractivity contribution in [2.75, 3.05) is 11.9 Å². The number of esters is 1. The van der Waals surface area contributed by atoms with Crippen molar-refractivity contribution in [3.8, 4) is 0 Å². The van der Waals surface area contributed by atoms with Gasteiger partial charge in [0.15, 0.2) is 0 Å². The van der Waals surface area contributed by atoms with Crippen molar-refractivity contribution in [3.05, 3.63) is 71.0 Å². The van der Waals surface area contributed by atoms with E-state index in [0.29, 0.717) is 42.2 Å². The number of nitrogens with one attached hydrogen (secondary N) is 2. The van der Waals surface area contributed by atoms with Crippen molar-refractivity contribution in [1.82, 2.24) is 15.1 Å². The molecule has 0 saturated heterocycles. The molecule has 1 aliphatic carbocycles. The van der Waals surface area contributed by atoms with Crippen LogP contribution in [-0.2, 0) is 15.8 Å². The molecule has 7 nitrogen and oxygen atoms in total. The Morgan fingerprint density at radius 1 is 1.16 bits per heavy atom. The van der Waals surface area contributed by atoms with Gasteiger partial charge in [0.1, 0.15) is 11.4 Å². The summed E-state index contributed by atoms with van der Waals surface area (Å²) in [5.41, 5.74) is 1.98. The van der Waals surface area contributed by atoms with Crippen LogP contribution in [0.1, 0.15) is 92.3 Å². The van der Waals surface area contributed by atoms with Gasteiger partial charge in [-0.2, -0.15) is 5.10 Å². The zero-order chi connectivity index (χ0) is 26.8. The second-order valence-corrected chi connectivity index (χ2v) is 10.7. The van der Waals surface area contributed by atoms with E-state index in [1.807, 2.05) is 23.7 Å². The third-order valence-electron chi connectivity index (χ3n) is 7.94. The quantitative estimate of drug-likeness (QED) is 0.440. The number of aryl methyl sites for hydroxylation is 1. The van der Waals surface area contributed by atoms with Crippen LogP contribution in [0.3, 0.4) is 0 Å². The Hall–Kier alpha value is -3.35. The number of aromatic nitrogens is 2. The summed E-state index contributed by atoms with van der Waals surface area (Å²) in [6.07, 6.45) is 12.0. The number of fused-ring (bicyclic) bond motifs is 1. The summed E-state index contributed by atoms with van der Waals surface area (Å²) in [4.78, 5) is 26.1. The van der Waals surface area contributed by atoms with E-state index >= 15 is 0 Å². The summed E-state index contributed by atoms with van der Waals surface area (Å²) in [6.45, 7) is 12.6. The molecule has 1 aromatic heterocycles. The molecule has 4 rings (SSSR count). The molecule has 2 aromatic rings. The minimum absolute atomic E-state index is 0.139. The van der Waals surface area contributed by atoms with Crippen LogP contribution in [0.2, 0.25) is 0 Å². The van der Waals surface area contributed by atoms with Crippen LogP contribution in [0.25, 0.3) is 0 Å². The molecular weight excluding hydrogens is 464 g/mol. The number of carbonyl (C=O) groups excluding carboxylic acids is 2. The first kappa shape index (κ1) is 26.7. The van der Waals surface area contributed by atoms with Gasteiger partial charge in [-0.1, -0.05) is 50.3 Å². The maximum atomic E-state index is 14.0. The molecule has 0 saturated carbocycles. The highest BCUT2D eigenvalue weighted by atomic mass is 16.5. The van der Waals surface area contributed by atoms with E-state index in [4.69, 9.17) is 9.84 Å². The van der Waals surface area contributed by atoms with Crippen molar-refractivity contribution in [3.63, 3.8) is 0 Å². The first-order chi connectivity index (χ1) is 17.7. The van der Waals surface area contributed by atoms with E-state index in [-0.39, 0.29) is 23.5 Å². The highest BCUT2D eigenvalue weighted by Crippen LogP contribution is 2.39. The minimum atomic E-state index is -0.577. The number of nitrogens with zero attached hydrogens (tertiary/aromatic N) is 2. The van der Waals surface area contributed by atoms with Gasteiger partial charge in [-0.25, -0.2) is 9.48 Å². The highest BCUT2D eigenvalue weighted by Gasteiger charge is 2.41. The number of amides is 1. The van der Waals surface area contributed by atoms with Crippen LogP contribution in [0.15, 0.2) is 48.6 Å². The Morgan fingerprint density at radius 3 is 2.46 bits per heavy atom. The number of hydrogen-bond donors (Lipinski definition) is 2. The van der Waals surface area contributed by atoms with Crippen molar-refractivity contribution in [1.29, 1.82) is 0 Å². The predicted molar refractivity (Wildman–Crippen MR) is 147 cm³/mol. The molecule has 2 heterocycles. The molecule has 2 aliphatic rings. The van der Waals surface area contributed by atoms with Crippen molar-refractivity contribution in [2.45, 2.75) is 84.3 Å². The summed E-state index contributed by atoms with van der Waals surface area (Å²) in [7, 11) is 0. The van der Waals surface area contributed by atoms with Crippen molar-refractivity contribution in [2.24, 2.45) is 5.92 Å². The average molecular weight is 505 g/mol. The third-order valence-corrected chi connectivity index (χ3v) is 7.94. The molecule has 2 atom stereocenters. The van der Waals surface area contributed by atoms with Gasteiger partial charge in [0.05, 0.1) is 28.9 Å². The number of allylic oxidation sites excluding steroid dienone is 3. The minimum Gasteiger partial charge on any atom is -0.462 e. The molecule has 1 unspecified atom stereocenters. The van der Waals surface area contributed by atoms with Crippen molar-refractivity contribution >= 4 is 17.7 Å². The fraction of sp³-hybridized carbons (Fsp3) is 0.500. The van der Waals surface area contributed by atoms with Crippen LogP contribution >= 0.6 is 0 Å². The normalized spacial score (nSPS) is 20.2. The molecule has 2 N–H and O–H groups in total. The number of ether oxygens (including phenoxy) is 1. The lowest BCUT2D eigenvalue weighted by Crippen LogP contribution is -2.47. The topological polar surface area (TPSA) is 85.2 Å². The maximum absolute atomic E-state index is 14.0. The van der Waals surface area contributed by atoms with E-state index in [2.05, 4.69) is 62.6 Å². The van der Waals surface area contributed by atoms with Gasteiger partial charge in [0.2, 0.25) is 0 Å². The summed E-state index contributed by atoms with van der Waals surface area (Å²) in [5.74, 6) is 0.677. The maximum Gasteiger partial charge on any atom is 0.338 e. The number of benzene rings is 1. The molecule has 0 bridgehead atoms. The first-order valence-corrected chi connectivity index (χ1v) is 13.5. The number of hydrogen-bond acceptors (Lipinski definition) is 5. The largest absolute Gasteiger partial charge is 0.462 e. The molecule has 1 amide bonds. The van der Waals surface area contributed by atoms with E-state index < -0.39 is 5.54 Å². The third kappa shape index (κ3) is 5.09. The lowest BCUT2D eigenvalue weighted by Gasteiger charge is -2.41. The zero-order valence-electron chi connectivity index (χ0n) is 22.9. The van der Waals surface area contributed by atoms with Crippen LogP contribution in [0.5, 0.6) is 0 Å². The molecule has 0 spiro atoms. The van der Waals surface area contributed by atoms with Crippen LogP contribution in [-0.4, -0.2) is 34.3 Å². The van der Waals surface area contributed by atoms with Gasteiger partial charge in [-0.15, -0.1) is 0 Å². The van der Waals surface area contributed by atoms with E-state index in [9.17, 15) is 9.59 Å². The Balaban J connectivity index is 1.65. The van der Waals surface area contributed by atoms with Crippen LogP contribution in [0.4, 0.5) is 5.82 Å². The Labute approximate surface area is 220 Å². The molecule has 198 valence electrons. The predicted octanol–water partition coefficient (Wildman–Crippen LogP) is 5.87. The highest BCUT2D eigenvalue weighted by molar-refractivity contribution is 6.01. The summed E-state index contributed by atoms with van der Waals surface area (Å²) < 4.78 is 7.11. The van der Waals surface area contributed by atoms with Gasteiger partial charge in [0, 0.05) is 12.0 Å².